The second-order valence-corrected chi connectivity index (χ2v) is 2.90. The van der Waals surface area contributed by atoms with Gasteiger partial charge in [-0.25, -0.2) is 4.79 Å². The number of carbonyl (C=O) groups excluding carboxylic acids is 3. The van der Waals surface area contributed by atoms with E-state index in [1.807, 2.05) is 0 Å². The molecule has 7 heteroatoms. The molecule has 112 valence electrons. The van der Waals surface area contributed by atoms with Crippen LogP contribution in [0.3, 0.4) is 0 Å². The van der Waals surface area contributed by atoms with Crippen molar-refractivity contribution in [3.63, 3.8) is 0 Å². The molecule has 0 N–H and O–H groups in total. The van der Waals surface area contributed by atoms with Crippen LogP contribution in [0.15, 0.2) is 0 Å². The summed E-state index contributed by atoms with van der Waals surface area (Å²) in [6.07, 6.45) is -0.878. The molecule has 0 aromatic heterocycles. The van der Waals surface area contributed by atoms with E-state index in [4.69, 9.17) is 0 Å². The fourth-order valence-electron chi connectivity index (χ4n) is 0.819. The zero-order valence-corrected chi connectivity index (χ0v) is 11.9. The van der Waals surface area contributed by atoms with Crippen LogP contribution in [0, 0.1) is 0 Å². The first-order chi connectivity index (χ1) is 9.01. The normalized spacial score (nSPS) is 8.63. The SMILES string of the molecule is CCOC(=O)CC(=O)OCC.CCOC(=O)OCC. The van der Waals surface area contributed by atoms with Crippen molar-refractivity contribution in [1.82, 2.24) is 0 Å². The third-order valence-corrected chi connectivity index (χ3v) is 1.42. The summed E-state index contributed by atoms with van der Waals surface area (Å²) in [5.41, 5.74) is 0. The van der Waals surface area contributed by atoms with Gasteiger partial charge in [-0.2, -0.15) is 0 Å². The minimum Gasteiger partial charge on any atom is -0.466 e. The summed E-state index contributed by atoms with van der Waals surface area (Å²) in [5, 5.41) is 0. The Morgan fingerprint density at radius 3 is 1.21 bits per heavy atom. The van der Waals surface area contributed by atoms with Crippen molar-refractivity contribution in [3.05, 3.63) is 0 Å². The average Bonchev–Trinajstić information content (AvgIpc) is 2.30. The topological polar surface area (TPSA) is 88.1 Å². The smallest absolute Gasteiger partial charge is 0.466 e. The van der Waals surface area contributed by atoms with E-state index in [9.17, 15) is 14.4 Å². The molecule has 0 aliphatic heterocycles. The standard InChI is InChI=1S/C7H12O4.C5H10O3/c1-3-10-6(8)5-7(9)11-4-2;1-3-7-5(6)8-4-2/h3-5H2,1-2H3;3-4H2,1-2H3. The Morgan fingerprint density at radius 1 is 0.632 bits per heavy atom. The lowest BCUT2D eigenvalue weighted by atomic mass is 10.4. The van der Waals surface area contributed by atoms with Crippen molar-refractivity contribution in [3.8, 4) is 0 Å². The van der Waals surface area contributed by atoms with Gasteiger partial charge in [-0.1, -0.05) is 0 Å². The van der Waals surface area contributed by atoms with Gasteiger partial charge in [0, 0.05) is 0 Å². The van der Waals surface area contributed by atoms with Crippen LogP contribution >= 0.6 is 0 Å². The maximum atomic E-state index is 10.6. The molecule has 0 atom stereocenters. The predicted octanol–water partition coefficient (Wildman–Crippen LogP) is 1.68. The Hall–Kier alpha value is -1.79. The summed E-state index contributed by atoms with van der Waals surface area (Å²) in [4.78, 5) is 31.4. The summed E-state index contributed by atoms with van der Waals surface area (Å²) >= 11 is 0. The summed E-state index contributed by atoms with van der Waals surface area (Å²) in [6.45, 7) is 8.16. The van der Waals surface area contributed by atoms with Crippen LogP contribution in [-0.4, -0.2) is 44.5 Å². The van der Waals surface area contributed by atoms with Gasteiger partial charge < -0.3 is 18.9 Å². The van der Waals surface area contributed by atoms with Gasteiger partial charge in [-0.15, -0.1) is 0 Å². The Kier molecular flexibility index (Phi) is 14.7. The van der Waals surface area contributed by atoms with Crippen LogP contribution in [0.2, 0.25) is 0 Å². The molecule has 0 aromatic carbocycles. The fourth-order valence-corrected chi connectivity index (χ4v) is 0.819. The van der Waals surface area contributed by atoms with Crippen LogP contribution in [0.4, 0.5) is 4.79 Å². The third-order valence-electron chi connectivity index (χ3n) is 1.42. The van der Waals surface area contributed by atoms with Crippen molar-refractivity contribution in [2.45, 2.75) is 34.1 Å². The van der Waals surface area contributed by atoms with E-state index >= 15 is 0 Å². The van der Waals surface area contributed by atoms with Gasteiger partial charge >= 0.3 is 18.1 Å². The molecule has 0 aliphatic rings. The van der Waals surface area contributed by atoms with Crippen LogP contribution in [-0.2, 0) is 28.5 Å². The molecular formula is C12H22O7. The van der Waals surface area contributed by atoms with Crippen LogP contribution in [0.1, 0.15) is 34.1 Å². The second-order valence-electron chi connectivity index (χ2n) is 2.90. The molecule has 0 fully saturated rings. The van der Waals surface area contributed by atoms with Gasteiger partial charge in [0.05, 0.1) is 26.4 Å². The zero-order chi connectivity index (χ0) is 15.1. The van der Waals surface area contributed by atoms with Gasteiger partial charge in [0.25, 0.3) is 0 Å². The minimum absolute atomic E-state index is 0.290. The monoisotopic (exact) mass is 278 g/mol. The molecule has 0 radical (unpaired) electrons. The summed E-state index contributed by atoms with van der Waals surface area (Å²) in [5.74, 6) is -1.07. The molecule has 0 unspecified atom stereocenters. The molecule has 7 nitrogen and oxygen atoms in total. The lowest BCUT2D eigenvalue weighted by molar-refractivity contribution is -0.153. The molecule has 0 bridgehead atoms. The minimum atomic E-state index is -0.588. The van der Waals surface area contributed by atoms with Gasteiger partial charge in [0.2, 0.25) is 0 Å². The molecule has 0 heterocycles. The van der Waals surface area contributed by atoms with Crippen molar-refractivity contribution in [2.75, 3.05) is 26.4 Å². The highest BCUT2D eigenvalue weighted by Crippen LogP contribution is 1.89. The Bertz CT molecular complexity index is 239. The summed E-state index contributed by atoms with van der Waals surface area (Å²) in [6, 6.07) is 0. The molecule has 0 saturated heterocycles. The van der Waals surface area contributed by atoms with E-state index < -0.39 is 18.1 Å². The summed E-state index contributed by atoms with van der Waals surface area (Å²) < 4.78 is 17.9. The molecular weight excluding hydrogens is 256 g/mol. The first-order valence-corrected chi connectivity index (χ1v) is 6.12. The fraction of sp³-hybridized carbons (Fsp3) is 0.750. The Morgan fingerprint density at radius 2 is 0.947 bits per heavy atom. The maximum absolute atomic E-state index is 10.6. The highest BCUT2D eigenvalue weighted by molar-refractivity contribution is 5.91. The first kappa shape index (κ1) is 19.5. The van der Waals surface area contributed by atoms with Crippen molar-refractivity contribution < 1.29 is 33.3 Å². The lowest BCUT2D eigenvalue weighted by Crippen LogP contribution is -2.13. The van der Waals surface area contributed by atoms with Crippen molar-refractivity contribution >= 4 is 18.1 Å². The van der Waals surface area contributed by atoms with E-state index in [2.05, 4.69) is 18.9 Å². The molecule has 0 aromatic rings. The van der Waals surface area contributed by atoms with E-state index in [0.29, 0.717) is 13.2 Å². The average molecular weight is 278 g/mol. The largest absolute Gasteiger partial charge is 0.508 e. The number of rotatable bonds is 6. The lowest BCUT2D eigenvalue weighted by Gasteiger charge is -2.00. The van der Waals surface area contributed by atoms with Crippen LogP contribution in [0.5, 0.6) is 0 Å². The molecule has 0 rings (SSSR count). The first-order valence-electron chi connectivity index (χ1n) is 6.12. The number of esters is 2. The van der Waals surface area contributed by atoms with Crippen LogP contribution < -0.4 is 0 Å². The highest BCUT2D eigenvalue weighted by Gasteiger charge is 2.09. The summed E-state index contributed by atoms with van der Waals surface area (Å²) in [7, 11) is 0. The van der Waals surface area contributed by atoms with Gasteiger partial charge in [-0.05, 0) is 27.7 Å². The second kappa shape index (κ2) is 14.3. The quantitative estimate of drug-likeness (QED) is 0.415. The zero-order valence-electron chi connectivity index (χ0n) is 11.9. The van der Waals surface area contributed by atoms with E-state index in [1.54, 1.807) is 27.7 Å². The van der Waals surface area contributed by atoms with Crippen molar-refractivity contribution in [1.29, 1.82) is 0 Å². The Balaban J connectivity index is 0. The predicted molar refractivity (Wildman–Crippen MR) is 66.5 cm³/mol. The third kappa shape index (κ3) is 16.2. The molecule has 0 aliphatic carbocycles. The van der Waals surface area contributed by atoms with Crippen molar-refractivity contribution in [2.24, 2.45) is 0 Å². The molecule has 0 saturated carbocycles. The number of hydrogen-bond acceptors (Lipinski definition) is 7. The van der Waals surface area contributed by atoms with E-state index in [1.165, 1.54) is 0 Å². The molecule has 0 spiro atoms. The van der Waals surface area contributed by atoms with Gasteiger partial charge in [0.1, 0.15) is 6.42 Å². The number of hydrogen-bond donors (Lipinski definition) is 0. The number of ether oxygens (including phenoxy) is 4. The van der Waals surface area contributed by atoms with Crippen LogP contribution in [0.25, 0.3) is 0 Å². The Labute approximate surface area is 113 Å². The van der Waals surface area contributed by atoms with Gasteiger partial charge in [-0.3, -0.25) is 9.59 Å². The molecule has 0 amide bonds. The number of carbonyl (C=O) groups is 3. The van der Waals surface area contributed by atoms with Gasteiger partial charge in [0.15, 0.2) is 0 Å². The highest BCUT2D eigenvalue weighted by atomic mass is 16.7. The van der Waals surface area contributed by atoms with E-state index in [-0.39, 0.29) is 19.6 Å². The van der Waals surface area contributed by atoms with E-state index in [0.717, 1.165) is 0 Å². The maximum Gasteiger partial charge on any atom is 0.508 e. The molecule has 19 heavy (non-hydrogen) atoms.